The van der Waals surface area contributed by atoms with E-state index in [0.717, 1.165) is 39.0 Å². The van der Waals surface area contributed by atoms with E-state index in [1.54, 1.807) is 0 Å². The molecule has 2 heteroatoms. The van der Waals surface area contributed by atoms with E-state index in [9.17, 15) is 0 Å². The molecule has 1 spiro atoms. The van der Waals surface area contributed by atoms with Gasteiger partial charge in [-0.15, -0.1) is 0 Å². The zero-order valence-electron chi connectivity index (χ0n) is 40.3. The maximum Gasteiger partial charge on any atom is 0.160 e. The van der Waals surface area contributed by atoms with Crippen LogP contribution in [0.5, 0.6) is 0 Å². The Balaban J connectivity index is 1.29. The summed E-state index contributed by atoms with van der Waals surface area (Å²) in [4.78, 5) is 2.52. The summed E-state index contributed by atoms with van der Waals surface area (Å²) in [5.41, 5.74) is 20.2. The predicted molar refractivity (Wildman–Crippen MR) is 277 cm³/mol. The number of hydrogen-bond acceptors (Lipinski definition) is 2. The number of para-hydroxylation sites is 1. The lowest BCUT2D eigenvalue weighted by atomic mass is 9.68. The highest BCUT2D eigenvalue weighted by molar-refractivity contribution is 6.23. The van der Waals surface area contributed by atoms with Gasteiger partial charge in [0.05, 0.1) is 11.1 Å². The summed E-state index contributed by atoms with van der Waals surface area (Å²) in [6.07, 6.45) is 0. The first-order valence-electron chi connectivity index (χ1n) is 23.6. The van der Waals surface area contributed by atoms with Gasteiger partial charge in [-0.1, -0.05) is 198 Å². The Morgan fingerprint density at radius 2 is 0.877 bits per heavy atom. The van der Waals surface area contributed by atoms with Crippen LogP contribution in [-0.2, 0) is 27.1 Å². The van der Waals surface area contributed by atoms with Gasteiger partial charge in [0.15, 0.2) is 5.58 Å². The van der Waals surface area contributed by atoms with Crippen molar-refractivity contribution in [1.82, 2.24) is 0 Å². The maximum atomic E-state index is 7.09. The third-order valence-electron chi connectivity index (χ3n) is 14.7. The number of hydrogen-bond donors (Lipinski definition) is 0. The Bertz CT molecular complexity index is 3320. The fourth-order valence-electron chi connectivity index (χ4n) is 11.0. The van der Waals surface area contributed by atoms with Crippen LogP contribution in [0, 0.1) is 0 Å². The molecule has 0 fully saturated rings. The second kappa shape index (κ2) is 13.8. The molecule has 0 atom stereocenters. The van der Waals surface area contributed by atoms with Crippen molar-refractivity contribution in [2.75, 3.05) is 4.90 Å². The molecular weight excluding hydrogens is 787 g/mol. The lowest BCUT2D eigenvalue weighted by Gasteiger charge is -2.34. The first-order chi connectivity index (χ1) is 30.7. The van der Waals surface area contributed by atoms with Gasteiger partial charge in [-0.05, 0) is 136 Å². The van der Waals surface area contributed by atoms with E-state index in [-0.39, 0.29) is 21.7 Å². The van der Waals surface area contributed by atoms with Crippen LogP contribution in [0.1, 0.15) is 128 Å². The third kappa shape index (κ3) is 6.20. The SMILES string of the molecule is CC(C)(C)c1cc(N(c2ccc3c(c2)C2(c4ccccc4-3)c3cc(C(C)(C)C)ccc3-c3ccc(C(C)(C)C)cc32)c2cc3ccccc3c3c2oc2ccccc23)cc(C(C)(C)C)c1. The van der Waals surface area contributed by atoms with Gasteiger partial charge in [0, 0.05) is 22.1 Å². The normalized spacial score (nSPS) is 14.3. The van der Waals surface area contributed by atoms with Crippen molar-refractivity contribution in [3.8, 4) is 22.3 Å². The lowest BCUT2D eigenvalue weighted by molar-refractivity contribution is 0.568. The van der Waals surface area contributed by atoms with Crippen LogP contribution in [-0.4, -0.2) is 0 Å². The van der Waals surface area contributed by atoms with Crippen molar-refractivity contribution in [1.29, 1.82) is 0 Å². The zero-order valence-corrected chi connectivity index (χ0v) is 40.3. The summed E-state index contributed by atoms with van der Waals surface area (Å²) in [5, 5.41) is 4.66. The Labute approximate surface area is 386 Å². The second-order valence-corrected chi connectivity index (χ2v) is 23.1. The summed E-state index contributed by atoms with van der Waals surface area (Å²) < 4.78 is 7.09. The molecule has 1 aromatic heterocycles. The van der Waals surface area contributed by atoms with E-state index in [4.69, 9.17) is 4.42 Å². The molecule has 0 bridgehead atoms. The largest absolute Gasteiger partial charge is 0.454 e. The molecule has 1 heterocycles. The van der Waals surface area contributed by atoms with Gasteiger partial charge in [-0.25, -0.2) is 0 Å². The lowest BCUT2D eigenvalue weighted by Crippen LogP contribution is -2.27. The number of fused-ring (bicyclic) bond motifs is 15. The van der Waals surface area contributed by atoms with Crippen LogP contribution in [0.15, 0.2) is 156 Å². The number of anilines is 3. The molecule has 0 N–H and O–H groups in total. The van der Waals surface area contributed by atoms with Gasteiger partial charge >= 0.3 is 0 Å². The third-order valence-corrected chi connectivity index (χ3v) is 14.7. The minimum absolute atomic E-state index is 0.0297. The van der Waals surface area contributed by atoms with Gasteiger partial charge in [0.25, 0.3) is 0 Å². The highest BCUT2D eigenvalue weighted by atomic mass is 16.3. The Hall–Kier alpha value is -6.38. The van der Waals surface area contributed by atoms with E-state index >= 15 is 0 Å². The number of benzene rings is 8. The molecule has 0 amide bonds. The van der Waals surface area contributed by atoms with Crippen molar-refractivity contribution in [2.24, 2.45) is 0 Å². The van der Waals surface area contributed by atoms with E-state index in [0.29, 0.717) is 0 Å². The molecular formula is C63H61NO. The van der Waals surface area contributed by atoms with Gasteiger partial charge < -0.3 is 9.32 Å². The van der Waals surface area contributed by atoms with E-state index in [1.807, 2.05) is 0 Å². The average Bonchev–Trinajstić information content (AvgIpc) is 3.89. The Morgan fingerprint density at radius 3 is 1.48 bits per heavy atom. The topological polar surface area (TPSA) is 16.4 Å². The average molecular weight is 848 g/mol. The maximum absolute atomic E-state index is 7.09. The predicted octanol–water partition coefficient (Wildman–Crippen LogP) is 17.7. The van der Waals surface area contributed by atoms with Gasteiger partial charge in [0.1, 0.15) is 5.58 Å². The summed E-state index contributed by atoms with van der Waals surface area (Å²) in [5.74, 6) is 0. The fourth-order valence-corrected chi connectivity index (χ4v) is 11.0. The van der Waals surface area contributed by atoms with Gasteiger partial charge in [0.2, 0.25) is 0 Å². The molecule has 0 aliphatic heterocycles. The molecule has 65 heavy (non-hydrogen) atoms. The molecule has 324 valence electrons. The zero-order chi connectivity index (χ0) is 45.6. The highest BCUT2D eigenvalue weighted by Gasteiger charge is 2.52. The number of rotatable bonds is 3. The van der Waals surface area contributed by atoms with Gasteiger partial charge in [-0.2, -0.15) is 0 Å². The van der Waals surface area contributed by atoms with E-state index in [1.165, 1.54) is 77.5 Å². The van der Waals surface area contributed by atoms with Crippen LogP contribution in [0.4, 0.5) is 17.1 Å². The van der Waals surface area contributed by atoms with E-state index in [2.05, 4.69) is 240 Å². The standard InChI is InChI=1S/C63H61NO/c1-59(2,3)39-25-28-47-48-29-26-40(60(4,5)6)36-53(48)63(52(47)35-39)51-23-17-15-21-46(51)49-30-27-43(37-54(49)63)64(44-33-41(61(7,8)9)32-42(34-44)62(10,11)12)55-31-38-19-13-14-20-45(38)57-50-22-16-18-24-56(50)65-58(55)57/h13-37H,1-12H3. The van der Waals surface area contributed by atoms with Gasteiger partial charge in [-0.3, -0.25) is 0 Å². The summed E-state index contributed by atoms with van der Waals surface area (Å²) in [7, 11) is 0. The van der Waals surface area contributed by atoms with Crippen LogP contribution in [0.25, 0.3) is 55.0 Å². The van der Waals surface area contributed by atoms with Crippen molar-refractivity contribution in [3.63, 3.8) is 0 Å². The second-order valence-electron chi connectivity index (χ2n) is 23.1. The first-order valence-corrected chi connectivity index (χ1v) is 23.6. The summed E-state index contributed by atoms with van der Waals surface area (Å²) >= 11 is 0. The Morgan fingerprint density at radius 1 is 0.385 bits per heavy atom. The first kappa shape index (κ1) is 41.3. The van der Waals surface area contributed by atoms with Crippen molar-refractivity contribution in [2.45, 2.75) is 110 Å². The van der Waals surface area contributed by atoms with E-state index < -0.39 is 5.41 Å². The molecule has 9 aromatic rings. The fraction of sp³-hybridized carbons (Fsp3) is 0.270. The number of furan rings is 1. The molecule has 0 saturated carbocycles. The molecule has 0 saturated heterocycles. The van der Waals surface area contributed by atoms with Crippen LogP contribution in [0.3, 0.4) is 0 Å². The molecule has 2 aliphatic carbocycles. The molecule has 0 radical (unpaired) electrons. The monoisotopic (exact) mass is 847 g/mol. The van der Waals surface area contributed by atoms with Crippen LogP contribution >= 0.6 is 0 Å². The molecule has 11 rings (SSSR count). The van der Waals surface area contributed by atoms with Crippen LogP contribution < -0.4 is 4.90 Å². The molecule has 0 unspecified atom stereocenters. The summed E-state index contributed by atoms with van der Waals surface area (Å²) in [6.45, 7) is 28.0. The molecule has 8 aromatic carbocycles. The van der Waals surface area contributed by atoms with Crippen molar-refractivity contribution in [3.05, 3.63) is 196 Å². The summed E-state index contributed by atoms with van der Waals surface area (Å²) in [6, 6.07) is 58.2. The minimum Gasteiger partial charge on any atom is -0.454 e. The van der Waals surface area contributed by atoms with Crippen LogP contribution in [0.2, 0.25) is 0 Å². The minimum atomic E-state index is -0.539. The Kier molecular flexibility index (Phi) is 8.79. The van der Waals surface area contributed by atoms with Crippen molar-refractivity contribution >= 4 is 49.8 Å². The highest BCUT2D eigenvalue weighted by Crippen LogP contribution is 2.64. The number of nitrogens with zero attached hydrogens (tertiary/aromatic N) is 1. The van der Waals surface area contributed by atoms with Crippen molar-refractivity contribution < 1.29 is 4.42 Å². The quantitative estimate of drug-likeness (QED) is 0.176. The molecule has 2 nitrogen and oxygen atoms in total. The smallest absolute Gasteiger partial charge is 0.160 e. The molecule has 2 aliphatic rings.